The van der Waals surface area contributed by atoms with E-state index >= 15 is 0 Å². The molecule has 0 aliphatic heterocycles. The van der Waals surface area contributed by atoms with Crippen molar-refractivity contribution in [2.24, 2.45) is 0 Å². The molecule has 1 aromatic rings. The van der Waals surface area contributed by atoms with Crippen molar-refractivity contribution >= 4 is 21.3 Å². The Balaban J connectivity index is 3.29. The largest absolute Gasteiger partial charge is 0.475 e. The van der Waals surface area contributed by atoms with Crippen LogP contribution in [0.15, 0.2) is 24.3 Å². The number of hydrogen-bond donors (Lipinski definition) is 0. The molecule has 12 heteroatoms. The molecule has 0 aliphatic rings. The van der Waals surface area contributed by atoms with Crippen molar-refractivity contribution in [1.29, 1.82) is 0 Å². The maximum atomic E-state index is 13.6. The minimum absolute atomic E-state index is 0.00122. The molecule has 0 heterocycles. The molecule has 0 fully saturated rings. The second kappa shape index (κ2) is 13.4. The van der Waals surface area contributed by atoms with Gasteiger partial charge in [0.15, 0.2) is 5.85 Å². The van der Waals surface area contributed by atoms with E-state index in [0.29, 0.717) is 5.56 Å². The Morgan fingerprint density at radius 2 is 1.55 bits per heavy atom. The number of amides is 1. The van der Waals surface area contributed by atoms with E-state index in [-0.39, 0.29) is 39.5 Å². The van der Waals surface area contributed by atoms with E-state index in [2.05, 4.69) is 0 Å². The SMILES string of the molecule is CCOP(=O)(OCC)OC(CN(Cc1cccc(F)c1)C(C)=O)P(=O)(OCC)OCC. The molecule has 31 heavy (non-hydrogen) atoms. The number of phosphoric ester groups is 1. The Kier molecular flexibility index (Phi) is 12.1. The number of hydrogen-bond acceptors (Lipinski definition) is 8. The smallest absolute Gasteiger partial charge is 0.335 e. The van der Waals surface area contributed by atoms with Crippen molar-refractivity contribution in [3.63, 3.8) is 0 Å². The summed E-state index contributed by atoms with van der Waals surface area (Å²) in [4.78, 5) is 13.6. The van der Waals surface area contributed by atoms with Crippen molar-refractivity contribution in [2.75, 3.05) is 33.0 Å². The molecule has 178 valence electrons. The summed E-state index contributed by atoms with van der Waals surface area (Å²) in [5, 5.41) is 0. The molecule has 0 radical (unpaired) electrons. The Morgan fingerprint density at radius 3 is 2.00 bits per heavy atom. The fourth-order valence-corrected chi connectivity index (χ4v) is 6.19. The quantitative estimate of drug-likeness (QED) is 0.323. The Bertz CT molecular complexity index is 774. The van der Waals surface area contributed by atoms with Gasteiger partial charge in [-0.3, -0.25) is 22.9 Å². The molecule has 0 N–H and O–H groups in total. The van der Waals surface area contributed by atoms with Crippen LogP contribution in [0.2, 0.25) is 0 Å². The summed E-state index contributed by atoms with van der Waals surface area (Å²) in [5.74, 6) is -2.32. The molecule has 1 amide bonds. The van der Waals surface area contributed by atoms with Gasteiger partial charge >= 0.3 is 15.4 Å². The minimum Gasteiger partial charge on any atom is -0.335 e. The van der Waals surface area contributed by atoms with Crippen molar-refractivity contribution in [2.45, 2.75) is 47.0 Å². The Morgan fingerprint density at radius 1 is 1.00 bits per heavy atom. The monoisotopic (exact) mass is 483 g/mol. The molecule has 0 saturated heterocycles. The number of benzene rings is 1. The van der Waals surface area contributed by atoms with E-state index in [1.165, 1.54) is 30.0 Å². The summed E-state index contributed by atoms with van der Waals surface area (Å²) in [6.07, 6.45) is 0. The normalized spacial score (nSPS) is 13.2. The average molecular weight is 483 g/mol. The van der Waals surface area contributed by atoms with E-state index < -0.39 is 33.0 Å². The summed E-state index contributed by atoms with van der Waals surface area (Å²) in [6.45, 7) is 7.48. The summed E-state index contributed by atoms with van der Waals surface area (Å²) < 4.78 is 66.6. The van der Waals surface area contributed by atoms with Gasteiger partial charge in [0.25, 0.3) is 0 Å². The topological polar surface area (TPSA) is 101 Å². The zero-order valence-electron chi connectivity index (χ0n) is 18.6. The van der Waals surface area contributed by atoms with Crippen LogP contribution in [0.25, 0.3) is 0 Å². The van der Waals surface area contributed by atoms with Crippen LogP contribution in [-0.4, -0.2) is 49.6 Å². The highest BCUT2D eigenvalue weighted by atomic mass is 31.2. The standard InChI is InChI=1S/C19H32FNO8P2/c1-6-25-30(23,26-7-2)19(29-31(24,27-8-3)28-9-4)15-21(16(5)22)14-17-11-10-12-18(20)13-17/h10-13,19H,6-9,14-15H2,1-5H3. The first-order chi connectivity index (χ1) is 14.6. The third kappa shape index (κ3) is 9.10. The second-order valence-corrected chi connectivity index (χ2v) is 10.0. The zero-order valence-corrected chi connectivity index (χ0v) is 20.4. The van der Waals surface area contributed by atoms with Gasteiger partial charge in [-0.05, 0) is 45.4 Å². The average Bonchev–Trinajstić information content (AvgIpc) is 2.67. The number of carbonyl (C=O) groups excluding carboxylic acids is 1. The van der Waals surface area contributed by atoms with Crippen molar-refractivity contribution < 1.29 is 40.9 Å². The molecule has 0 aliphatic carbocycles. The van der Waals surface area contributed by atoms with Crippen LogP contribution < -0.4 is 0 Å². The van der Waals surface area contributed by atoms with Crippen molar-refractivity contribution in [3.8, 4) is 0 Å². The van der Waals surface area contributed by atoms with Gasteiger partial charge in [-0.2, -0.15) is 0 Å². The molecule has 1 unspecified atom stereocenters. The third-order valence-corrected chi connectivity index (χ3v) is 7.92. The number of phosphoric acid groups is 1. The first kappa shape index (κ1) is 27.9. The number of carbonyl (C=O) groups is 1. The van der Waals surface area contributed by atoms with Crippen LogP contribution in [0.1, 0.15) is 40.2 Å². The van der Waals surface area contributed by atoms with E-state index in [1.807, 2.05) is 0 Å². The summed E-state index contributed by atoms with van der Waals surface area (Å²) in [7, 11) is -8.13. The van der Waals surface area contributed by atoms with E-state index in [0.717, 1.165) is 0 Å². The van der Waals surface area contributed by atoms with E-state index in [9.17, 15) is 18.3 Å². The molecular weight excluding hydrogens is 451 g/mol. The molecule has 1 atom stereocenters. The van der Waals surface area contributed by atoms with Crippen LogP contribution in [0.3, 0.4) is 0 Å². The van der Waals surface area contributed by atoms with Gasteiger partial charge in [-0.15, -0.1) is 0 Å². The van der Waals surface area contributed by atoms with Crippen LogP contribution in [0, 0.1) is 5.82 Å². The maximum absolute atomic E-state index is 13.6. The molecule has 9 nitrogen and oxygen atoms in total. The molecule has 1 rings (SSSR count). The lowest BCUT2D eigenvalue weighted by atomic mass is 10.2. The number of nitrogens with zero attached hydrogens (tertiary/aromatic N) is 1. The van der Waals surface area contributed by atoms with Crippen LogP contribution in [0.4, 0.5) is 4.39 Å². The predicted octanol–water partition coefficient (Wildman–Crippen LogP) is 4.96. The first-order valence-corrected chi connectivity index (χ1v) is 13.2. The van der Waals surface area contributed by atoms with E-state index in [4.69, 9.17) is 22.6 Å². The predicted molar refractivity (Wildman–Crippen MR) is 114 cm³/mol. The van der Waals surface area contributed by atoms with Crippen LogP contribution in [0.5, 0.6) is 0 Å². The summed E-state index contributed by atoms with van der Waals surface area (Å²) in [6, 6.07) is 5.72. The summed E-state index contributed by atoms with van der Waals surface area (Å²) >= 11 is 0. The molecule has 0 saturated carbocycles. The lowest BCUT2D eigenvalue weighted by molar-refractivity contribution is -0.130. The Labute approximate surface area is 183 Å². The lowest BCUT2D eigenvalue weighted by Gasteiger charge is -2.32. The van der Waals surface area contributed by atoms with Gasteiger partial charge in [-0.25, -0.2) is 8.96 Å². The molecule has 0 spiro atoms. The summed E-state index contributed by atoms with van der Waals surface area (Å²) in [5.41, 5.74) is 0.509. The Hall–Kier alpha value is -1.12. The van der Waals surface area contributed by atoms with Crippen LogP contribution >= 0.6 is 15.4 Å². The van der Waals surface area contributed by atoms with Gasteiger partial charge in [0.2, 0.25) is 5.91 Å². The van der Waals surface area contributed by atoms with Crippen molar-refractivity contribution in [1.82, 2.24) is 4.90 Å². The van der Waals surface area contributed by atoms with Gasteiger partial charge in [-0.1, -0.05) is 12.1 Å². The fourth-order valence-electron chi connectivity index (χ4n) is 2.67. The molecule has 0 bridgehead atoms. The number of halogens is 1. The first-order valence-electron chi connectivity index (χ1n) is 10.1. The fraction of sp³-hybridized carbons (Fsp3) is 0.632. The molecular formula is C19H32FNO8P2. The zero-order chi connectivity index (χ0) is 23.5. The van der Waals surface area contributed by atoms with Gasteiger partial charge in [0.1, 0.15) is 5.82 Å². The second-order valence-electron chi connectivity index (χ2n) is 6.25. The highest BCUT2D eigenvalue weighted by molar-refractivity contribution is 7.56. The van der Waals surface area contributed by atoms with Gasteiger partial charge in [0, 0.05) is 13.5 Å². The lowest BCUT2D eigenvalue weighted by Crippen LogP contribution is -2.37. The van der Waals surface area contributed by atoms with Crippen LogP contribution in [-0.2, 0) is 43.1 Å². The molecule has 0 aromatic heterocycles. The van der Waals surface area contributed by atoms with E-state index in [1.54, 1.807) is 33.8 Å². The third-order valence-electron chi connectivity index (χ3n) is 3.88. The van der Waals surface area contributed by atoms with Gasteiger partial charge < -0.3 is 13.9 Å². The minimum atomic E-state index is -4.13. The van der Waals surface area contributed by atoms with Crippen molar-refractivity contribution in [3.05, 3.63) is 35.6 Å². The number of rotatable bonds is 15. The maximum Gasteiger partial charge on any atom is 0.475 e. The highest BCUT2D eigenvalue weighted by Gasteiger charge is 2.44. The molecule has 1 aromatic carbocycles. The highest BCUT2D eigenvalue weighted by Crippen LogP contribution is 2.61. The van der Waals surface area contributed by atoms with Gasteiger partial charge in [0.05, 0.1) is 33.0 Å².